The molecule has 2 fully saturated rings. The number of carbonyl (C=O) groups is 2. The second kappa shape index (κ2) is 5.24. The summed E-state index contributed by atoms with van der Waals surface area (Å²) in [5, 5.41) is 12.5. The number of β-amino-alcohol motifs (C(OH)–C–C–N with tert-alkyl or cyclic N) is 1. The van der Waals surface area contributed by atoms with Crippen molar-refractivity contribution in [1.82, 2.24) is 10.2 Å². The highest BCUT2D eigenvalue weighted by Gasteiger charge is 2.46. The summed E-state index contributed by atoms with van der Waals surface area (Å²) in [7, 11) is 0. The highest BCUT2D eigenvalue weighted by Crippen LogP contribution is 2.38. The van der Waals surface area contributed by atoms with E-state index in [1.807, 2.05) is 20.8 Å². The van der Waals surface area contributed by atoms with Gasteiger partial charge in [0.25, 0.3) is 0 Å². The van der Waals surface area contributed by atoms with Crippen molar-refractivity contribution in [3.8, 4) is 0 Å². The van der Waals surface area contributed by atoms with Gasteiger partial charge in [-0.25, -0.2) is 4.79 Å². The maximum atomic E-state index is 12.1. The van der Waals surface area contributed by atoms with Crippen molar-refractivity contribution in [3.63, 3.8) is 0 Å². The fourth-order valence-electron chi connectivity index (χ4n) is 2.89. The van der Waals surface area contributed by atoms with E-state index in [4.69, 9.17) is 4.74 Å². The number of carbonyl (C=O) groups excluding carboxylic acids is 2. The molecule has 0 radical (unpaired) electrons. The van der Waals surface area contributed by atoms with Gasteiger partial charge < -0.3 is 20.1 Å². The van der Waals surface area contributed by atoms with Gasteiger partial charge in [-0.2, -0.15) is 0 Å². The number of ether oxygens (including phenoxy) is 1. The van der Waals surface area contributed by atoms with Gasteiger partial charge in [0.05, 0.1) is 11.5 Å². The van der Waals surface area contributed by atoms with Crippen molar-refractivity contribution in [3.05, 3.63) is 0 Å². The molecule has 2 heterocycles. The monoisotopic (exact) mass is 284 g/mol. The highest BCUT2D eigenvalue weighted by molar-refractivity contribution is 5.84. The Morgan fingerprint density at radius 3 is 2.55 bits per heavy atom. The molecule has 0 aliphatic carbocycles. The maximum Gasteiger partial charge on any atom is 0.410 e. The van der Waals surface area contributed by atoms with Crippen molar-refractivity contribution in [1.29, 1.82) is 0 Å². The fraction of sp³-hybridized carbons (Fsp3) is 0.857. The van der Waals surface area contributed by atoms with Crippen molar-refractivity contribution in [2.45, 2.75) is 51.7 Å². The minimum Gasteiger partial charge on any atom is -0.444 e. The standard InChI is InChI=1S/C14H24N2O4/c1-13(2,3)20-12(19)16-6-4-14(5-7-16)8-10(17)9-15-11(14)18/h10,17H,4-9H2,1-3H3,(H,15,18)/t10-/m0/s1. The van der Waals surface area contributed by atoms with E-state index in [0.29, 0.717) is 38.9 Å². The van der Waals surface area contributed by atoms with Gasteiger partial charge in [0.15, 0.2) is 0 Å². The van der Waals surface area contributed by atoms with Crippen LogP contribution in [-0.4, -0.2) is 53.3 Å². The van der Waals surface area contributed by atoms with Crippen LogP contribution in [0.15, 0.2) is 0 Å². The largest absolute Gasteiger partial charge is 0.444 e. The topological polar surface area (TPSA) is 78.9 Å². The van der Waals surface area contributed by atoms with Crippen LogP contribution in [0.2, 0.25) is 0 Å². The lowest BCUT2D eigenvalue weighted by Gasteiger charge is -2.44. The van der Waals surface area contributed by atoms with Crippen LogP contribution in [0.5, 0.6) is 0 Å². The molecule has 0 aromatic rings. The Hall–Kier alpha value is -1.30. The van der Waals surface area contributed by atoms with Gasteiger partial charge in [-0.05, 0) is 40.0 Å². The first-order valence-electron chi connectivity index (χ1n) is 7.16. The predicted molar refractivity (Wildman–Crippen MR) is 73.1 cm³/mol. The average Bonchev–Trinajstić information content (AvgIpc) is 2.33. The Morgan fingerprint density at radius 2 is 2.00 bits per heavy atom. The van der Waals surface area contributed by atoms with Gasteiger partial charge in [0.2, 0.25) is 5.91 Å². The zero-order valence-electron chi connectivity index (χ0n) is 12.4. The van der Waals surface area contributed by atoms with E-state index in [2.05, 4.69) is 5.32 Å². The third kappa shape index (κ3) is 3.23. The first-order chi connectivity index (χ1) is 9.22. The molecule has 1 spiro atoms. The minimum absolute atomic E-state index is 0.00615. The number of aliphatic hydroxyl groups excluding tert-OH is 1. The molecule has 2 N–H and O–H groups in total. The molecule has 6 heteroatoms. The summed E-state index contributed by atoms with van der Waals surface area (Å²) in [5.41, 5.74) is -1.03. The lowest BCUT2D eigenvalue weighted by molar-refractivity contribution is -0.140. The van der Waals surface area contributed by atoms with Crippen molar-refractivity contribution < 1.29 is 19.4 Å². The Bertz CT molecular complexity index is 394. The molecule has 0 aromatic heterocycles. The number of hydrogen-bond donors (Lipinski definition) is 2. The first kappa shape index (κ1) is 15.1. The number of likely N-dealkylation sites (tertiary alicyclic amines) is 1. The predicted octanol–water partition coefficient (Wildman–Crippen LogP) is 0.884. The molecule has 2 amide bonds. The Balaban J connectivity index is 1.95. The summed E-state index contributed by atoms with van der Waals surface area (Å²) in [6.45, 7) is 6.82. The van der Waals surface area contributed by atoms with Crippen LogP contribution in [0.1, 0.15) is 40.0 Å². The summed E-state index contributed by atoms with van der Waals surface area (Å²) >= 11 is 0. The number of nitrogens with zero attached hydrogens (tertiary/aromatic N) is 1. The highest BCUT2D eigenvalue weighted by atomic mass is 16.6. The van der Waals surface area contributed by atoms with Crippen molar-refractivity contribution in [2.75, 3.05) is 19.6 Å². The van der Waals surface area contributed by atoms with Crippen molar-refractivity contribution >= 4 is 12.0 Å². The van der Waals surface area contributed by atoms with Crippen LogP contribution in [0, 0.1) is 5.41 Å². The maximum absolute atomic E-state index is 12.1. The van der Waals surface area contributed by atoms with E-state index in [9.17, 15) is 14.7 Å². The summed E-state index contributed by atoms with van der Waals surface area (Å²) in [6, 6.07) is 0. The van der Waals surface area contributed by atoms with E-state index in [0.717, 1.165) is 0 Å². The lowest BCUT2D eigenvalue weighted by atomic mass is 9.71. The second-order valence-corrected chi connectivity index (χ2v) is 6.82. The Labute approximate surface area is 119 Å². The average molecular weight is 284 g/mol. The van der Waals surface area contributed by atoms with E-state index in [1.165, 1.54) is 0 Å². The zero-order valence-corrected chi connectivity index (χ0v) is 12.4. The summed E-state index contributed by atoms with van der Waals surface area (Å²) in [4.78, 5) is 25.7. The molecule has 0 aromatic carbocycles. The van der Waals surface area contributed by atoms with Gasteiger partial charge in [0, 0.05) is 19.6 Å². The number of hydrogen-bond acceptors (Lipinski definition) is 4. The molecule has 0 bridgehead atoms. The SMILES string of the molecule is CC(C)(C)OC(=O)N1CCC2(CC1)C[C@H](O)CNC2=O. The van der Waals surface area contributed by atoms with Crippen LogP contribution >= 0.6 is 0 Å². The third-order valence-corrected chi connectivity index (χ3v) is 3.98. The second-order valence-electron chi connectivity index (χ2n) is 6.82. The van der Waals surface area contributed by atoms with Crippen LogP contribution in [0.25, 0.3) is 0 Å². The Morgan fingerprint density at radius 1 is 1.40 bits per heavy atom. The summed E-state index contributed by atoms with van der Waals surface area (Å²) in [5.74, 6) is 0.00615. The van der Waals surface area contributed by atoms with Crippen LogP contribution in [0.3, 0.4) is 0 Å². The fourth-order valence-corrected chi connectivity index (χ4v) is 2.89. The lowest BCUT2D eigenvalue weighted by Crippen LogP contribution is -2.56. The van der Waals surface area contributed by atoms with E-state index < -0.39 is 17.1 Å². The Kier molecular flexibility index (Phi) is 3.95. The molecule has 0 unspecified atom stereocenters. The molecule has 2 aliphatic heterocycles. The summed E-state index contributed by atoms with van der Waals surface area (Å²) < 4.78 is 5.34. The first-order valence-corrected chi connectivity index (χ1v) is 7.16. The zero-order chi connectivity index (χ0) is 15.0. The number of piperidine rings is 2. The number of amides is 2. The molecule has 20 heavy (non-hydrogen) atoms. The third-order valence-electron chi connectivity index (χ3n) is 3.98. The van der Waals surface area contributed by atoms with Crippen LogP contribution in [0.4, 0.5) is 4.79 Å². The van der Waals surface area contributed by atoms with Gasteiger partial charge in [-0.1, -0.05) is 0 Å². The van der Waals surface area contributed by atoms with Crippen molar-refractivity contribution in [2.24, 2.45) is 5.41 Å². The van der Waals surface area contributed by atoms with E-state index in [1.54, 1.807) is 4.90 Å². The molecule has 114 valence electrons. The molecular weight excluding hydrogens is 260 g/mol. The van der Waals surface area contributed by atoms with Gasteiger partial charge in [0.1, 0.15) is 5.60 Å². The van der Waals surface area contributed by atoms with Gasteiger partial charge in [-0.3, -0.25) is 4.79 Å². The van der Waals surface area contributed by atoms with Gasteiger partial charge in [-0.15, -0.1) is 0 Å². The van der Waals surface area contributed by atoms with Crippen LogP contribution < -0.4 is 5.32 Å². The molecular formula is C14H24N2O4. The number of rotatable bonds is 0. The van der Waals surface area contributed by atoms with E-state index in [-0.39, 0.29) is 12.0 Å². The molecule has 2 aliphatic rings. The molecule has 1 atom stereocenters. The van der Waals surface area contributed by atoms with Crippen LogP contribution in [-0.2, 0) is 9.53 Å². The summed E-state index contributed by atoms with van der Waals surface area (Å²) in [6.07, 6.45) is 0.829. The quantitative estimate of drug-likeness (QED) is 0.692. The molecule has 2 saturated heterocycles. The molecule has 0 saturated carbocycles. The smallest absolute Gasteiger partial charge is 0.410 e. The van der Waals surface area contributed by atoms with Gasteiger partial charge >= 0.3 is 6.09 Å². The minimum atomic E-state index is -0.518. The van der Waals surface area contributed by atoms with E-state index >= 15 is 0 Å². The number of nitrogens with one attached hydrogen (secondary N) is 1. The number of aliphatic hydroxyl groups is 1. The normalized spacial score (nSPS) is 26.3. The molecule has 2 rings (SSSR count). The molecule has 6 nitrogen and oxygen atoms in total.